The van der Waals surface area contributed by atoms with Crippen molar-refractivity contribution < 1.29 is 13.7 Å². The molecule has 5 nitrogen and oxygen atoms in total. The van der Waals surface area contributed by atoms with Crippen LogP contribution in [0, 0.1) is 11.3 Å². The molecule has 1 saturated heterocycles. The van der Waals surface area contributed by atoms with Crippen LogP contribution in [0.4, 0.5) is 0 Å². The van der Waals surface area contributed by atoms with Crippen LogP contribution in [0.2, 0.25) is 0 Å². The number of methoxy groups -OCH3 is 1. The smallest absolute Gasteiger partial charge is 0.238 e. The summed E-state index contributed by atoms with van der Waals surface area (Å²) in [6, 6.07) is 19.0. The maximum atomic E-state index is 12.6. The summed E-state index contributed by atoms with van der Waals surface area (Å²) in [6.45, 7) is 5.59. The Hall–Kier alpha value is -2.49. The van der Waals surface area contributed by atoms with Crippen molar-refractivity contribution in [3.05, 3.63) is 71.3 Å². The molecule has 0 bridgehead atoms. The second kappa shape index (κ2) is 7.26. The number of epoxide rings is 1. The third-order valence-electron chi connectivity index (χ3n) is 4.36. The first-order chi connectivity index (χ1) is 12.8. The molecule has 0 radical (unpaired) electrons. The fourth-order valence-corrected chi connectivity index (χ4v) is 3.48. The number of nitriles is 1. The highest BCUT2D eigenvalue weighted by molar-refractivity contribution is 7.85. The van der Waals surface area contributed by atoms with Crippen LogP contribution in [0.3, 0.4) is 0 Å². The van der Waals surface area contributed by atoms with E-state index in [0.29, 0.717) is 5.56 Å². The highest BCUT2D eigenvalue weighted by atomic mass is 32.2. The van der Waals surface area contributed by atoms with Crippen LogP contribution in [0.5, 0.6) is 0 Å². The molecule has 1 unspecified atom stereocenters. The van der Waals surface area contributed by atoms with Gasteiger partial charge < -0.3 is 9.47 Å². The Morgan fingerprint density at radius 3 is 2.33 bits per heavy atom. The van der Waals surface area contributed by atoms with Gasteiger partial charge in [-0.25, -0.2) is 4.21 Å². The standard InChI is InChI=1S/C21H22N2O3S/c1-20(2,3)27(24)23-19(25-4)21(17-8-6-5-7-9-17)18(26-21)16-12-10-15(14-22)11-13-16/h5-13,18H,1-4H3/b23-19-/t18-,21+,27?/m1/s1. The van der Waals surface area contributed by atoms with E-state index in [2.05, 4.69) is 10.5 Å². The van der Waals surface area contributed by atoms with Crippen molar-refractivity contribution in [1.29, 1.82) is 5.26 Å². The van der Waals surface area contributed by atoms with E-state index in [1.807, 2.05) is 63.2 Å². The first-order valence-corrected chi connectivity index (χ1v) is 9.72. The molecule has 27 heavy (non-hydrogen) atoms. The van der Waals surface area contributed by atoms with Gasteiger partial charge >= 0.3 is 0 Å². The Labute approximate surface area is 162 Å². The molecule has 0 amide bonds. The average molecular weight is 382 g/mol. The molecule has 3 atom stereocenters. The molecule has 0 spiro atoms. The van der Waals surface area contributed by atoms with E-state index in [9.17, 15) is 4.21 Å². The van der Waals surface area contributed by atoms with Gasteiger partial charge in [0.25, 0.3) is 0 Å². The summed E-state index contributed by atoms with van der Waals surface area (Å²) in [5.74, 6) is 0.288. The van der Waals surface area contributed by atoms with Crippen molar-refractivity contribution in [2.75, 3.05) is 7.11 Å². The number of benzene rings is 2. The van der Waals surface area contributed by atoms with Crippen LogP contribution in [0.1, 0.15) is 43.6 Å². The van der Waals surface area contributed by atoms with E-state index < -0.39 is 21.3 Å². The molecule has 1 aliphatic rings. The minimum absolute atomic E-state index is 0.288. The number of hydrogen-bond donors (Lipinski definition) is 0. The molecule has 6 heteroatoms. The van der Waals surface area contributed by atoms with E-state index in [1.54, 1.807) is 12.1 Å². The largest absolute Gasteiger partial charge is 0.481 e. The van der Waals surface area contributed by atoms with Crippen molar-refractivity contribution in [2.24, 2.45) is 4.40 Å². The van der Waals surface area contributed by atoms with Crippen molar-refractivity contribution in [2.45, 2.75) is 37.2 Å². The topological polar surface area (TPSA) is 75.0 Å². The zero-order valence-corrected chi connectivity index (χ0v) is 16.6. The van der Waals surface area contributed by atoms with E-state index >= 15 is 0 Å². The third-order valence-corrected chi connectivity index (χ3v) is 5.74. The zero-order valence-electron chi connectivity index (χ0n) is 15.8. The lowest BCUT2D eigenvalue weighted by atomic mass is 9.91. The molecular formula is C21H22N2O3S. The average Bonchev–Trinajstić information content (AvgIpc) is 3.42. The van der Waals surface area contributed by atoms with Gasteiger partial charge in [0, 0.05) is 0 Å². The molecule has 1 aliphatic heterocycles. The minimum atomic E-state index is -1.48. The fraction of sp³-hybridized carbons (Fsp3) is 0.333. The summed E-state index contributed by atoms with van der Waals surface area (Å²) in [5.41, 5.74) is 1.44. The van der Waals surface area contributed by atoms with Crippen molar-refractivity contribution in [3.63, 3.8) is 0 Å². The Morgan fingerprint density at radius 2 is 1.81 bits per heavy atom. The molecule has 140 valence electrons. The monoisotopic (exact) mass is 382 g/mol. The highest BCUT2D eigenvalue weighted by Gasteiger charge is 2.64. The Balaban J connectivity index is 2.06. The molecule has 3 rings (SSSR count). The van der Waals surface area contributed by atoms with Gasteiger partial charge in [0.2, 0.25) is 5.90 Å². The van der Waals surface area contributed by atoms with Crippen LogP contribution < -0.4 is 0 Å². The second-order valence-corrected chi connectivity index (χ2v) is 9.20. The quantitative estimate of drug-likeness (QED) is 0.454. The van der Waals surface area contributed by atoms with Crippen LogP contribution in [0.15, 0.2) is 59.0 Å². The summed E-state index contributed by atoms with van der Waals surface area (Å²) < 4.78 is 28.2. The van der Waals surface area contributed by atoms with Gasteiger partial charge in [0.05, 0.1) is 23.5 Å². The molecule has 2 aromatic carbocycles. The molecule has 1 fully saturated rings. The van der Waals surface area contributed by atoms with Gasteiger partial charge in [0.1, 0.15) is 17.1 Å². The molecule has 2 aromatic rings. The van der Waals surface area contributed by atoms with Crippen LogP contribution >= 0.6 is 0 Å². The van der Waals surface area contributed by atoms with Gasteiger partial charge in [0.15, 0.2) is 5.60 Å². The van der Waals surface area contributed by atoms with Crippen LogP contribution in [0.25, 0.3) is 0 Å². The third kappa shape index (κ3) is 3.66. The van der Waals surface area contributed by atoms with Gasteiger partial charge in [-0.3, -0.25) is 0 Å². The van der Waals surface area contributed by atoms with Crippen LogP contribution in [-0.2, 0) is 26.1 Å². The number of nitrogens with zero attached hydrogens (tertiary/aromatic N) is 2. The van der Waals surface area contributed by atoms with Gasteiger partial charge in [-0.05, 0) is 44.0 Å². The summed E-state index contributed by atoms with van der Waals surface area (Å²) >= 11 is 0. The molecule has 0 aromatic heterocycles. The highest BCUT2D eigenvalue weighted by Crippen LogP contribution is 2.58. The Kier molecular flexibility index (Phi) is 5.18. The van der Waals surface area contributed by atoms with E-state index in [1.165, 1.54) is 7.11 Å². The molecular weight excluding hydrogens is 360 g/mol. The summed E-state index contributed by atoms with van der Waals surface area (Å²) in [7, 11) is 0.0307. The molecule has 0 saturated carbocycles. The lowest BCUT2D eigenvalue weighted by molar-refractivity contribution is 0.295. The summed E-state index contributed by atoms with van der Waals surface area (Å²) in [6.07, 6.45) is -0.330. The predicted octanol–water partition coefficient (Wildman–Crippen LogP) is 4.03. The van der Waals surface area contributed by atoms with Gasteiger partial charge in [-0.15, -0.1) is 0 Å². The first kappa shape index (κ1) is 19.3. The van der Waals surface area contributed by atoms with E-state index in [-0.39, 0.29) is 12.0 Å². The lowest BCUT2D eigenvalue weighted by Gasteiger charge is -2.18. The minimum Gasteiger partial charge on any atom is -0.481 e. The van der Waals surface area contributed by atoms with E-state index in [0.717, 1.165) is 11.1 Å². The Morgan fingerprint density at radius 1 is 1.19 bits per heavy atom. The second-order valence-electron chi connectivity index (χ2n) is 7.30. The van der Waals surface area contributed by atoms with Gasteiger partial charge in [-0.1, -0.05) is 42.5 Å². The summed E-state index contributed by atoms with van der Waals surface area (Å²) in [5, 5.41) is 9.01. The number of ether oxygens (including phenoxy) is 2. The first-order valence-electron chi connectivity index (χ1n) is 8.61. The number of hydrogen-bond acceptors (Lipinski definition) is 4. The van der Waals surface area contributed by atoms with Crippen molar-refractivity contribution >= 4 is 16.9 Å². The summed E-state index contributed by atoms with van der Waals surface area (Å²) in [4.78, 5) is 0. The molecule has 0 N–H and O–H groups in total. The molecule has 0 aliphatic carbocycles. The lowest BCUT2D eigenvalue weighted by Crippen LogP contribution is -2.28. The SMILES string of the molecule is CO/C(=N\S(=O)C(C)(C)C)[C@@]1(c2ccccc2)O[C@@H]1c1ccc(C#N)cc1. The van der Waals surface area contributed by atoms with E-state index in [4.69, 9.17) is 14.7 Å². The Bertz CT molecular complexity index is 911. The fourth-order valence-electron chi connectivity index (χ4n) is 2.85. The maximum Gasteiger partial charge on any atom is 0.238 e. The van der Waals surface area contributed by atoms with Crippen molar-refractivity contribution in [3.8, 4) is 6.07 Å². The van der Waals surface area contributed by atoms with Gasteiger partial charge in [-0.2, -0.15) is 9.66 Å². The predicted molar refractivity (Wildman–Crippen MR) is 105 cm³/mol. The molecule has 1 heterocycles. The zero-order chi connectivity index (χ0) is 19.7. The van der Waals surface area contributed by atoms with Crippen molar-refractivity contribution in [1.82, 2.24) is 0 Å². The normalized spacial score (nSPS) is 23.4. The number of rotatable bonds is 4. The van der Waals surface area contributed by atoms with Crippen LogP contribution in [-0.4, -0.2) is 22.0 Å². The maximum absolute atomic E-state index is 12.6.